The molecule has 1 aromatic rings. The maximum atomic E-state index is 12.8. The zero-order valence-corrected chi connectivity index (χ0v) is 16.8. The molecule has 2 amide bonds. The van der Waals surface area contributed by atoms with Crippen molar-refractivity contribution in [3.8, 4) is 5.75 Å². The Kier molecular flexibility index (Phi) is 8.29. The highest BCUT2D eigenvalue weighted by molar-refractivity contribution is 5.98. The van der Waals surface area contributed by atoms with Gasteiger partial charge in [-0.3, -0.25) is 14.4 Å². The molecule has 1 aliphatic carbocycles. The number of carbonyl (C=O) groups is 3. The number of unbranched alkanes of at least 4 members (excludes halogenated alkanes) is 1. The zero-order chi connectivity index (χ0) is 20.5. The molecule has 1 aromatic carbocycles. The molecule has 0 saturated heterocycles. The van der Waals surface area contributed by atoms with Gasteiger partial charge >= 0.3 is 5.97 Å². The maximum absolute atomic E-state index is 12.8. The molecule has 0 radical (unpaired) electrons. The Balaban J connectivity index is 2.05. The van der Waals surface area contributed by atoms with Gasteiger partial charge in [-0.15, -0.1) is 0 Å². The van der Waals surface area contributed by atoms with Crippen LogP contribution in [-0.2, 0) is 14.3 Å². The minimum atomic E-state index is -0.655. The van der Waals surface area contributed by atoms with E-state index in [1.54, 1.807) is 24.3 Å². The first-order chi connectivity index (χ1) is 13.5. The number of methoxy groups -OCH3 is 2. The van der Waals surface area contributed by atoms with Crippen LogP contribution in [0, 0.1) is 5.92 Å². The summed E-state index contributed by atoms with van der Waals surface area (Å²) in [6.45, 7) is 2.03. The van der Waals surface area contributed by atoms with Crippen LogP contribution in [0.25, 0.3) is 0 Å². The topological polar surface area (TPSA) is 93.7 Å². The summed E-state index contributed by atoms with van der Waals surface area (Å²) in [5.74, 6) is -0.631. The molecule has 7 heteroatoms. The summed E-state index contributed by atoms with van der Waals surface area (Å²) in [5, 5.41) is 5.78. The number of esters is 1. The van der Waals surface area contributed by atoms with E-state index in [1.807, 2.05) is 6.92 Å². The van der Waals surface area contributed by atoms with Gasteiger partial charge in [0.1, 0.15) is 11.8 Å². The van der Waals surface area contributed by atoms with Gasteiger partial charge in [0, 0.05) is 11.6 Å². The number of ether oxygens (including phenoxy) is 2. The molecule has 0 heterocycles. The summed E-state index contributed by atoms with van der Waals surface area (Å²) in [7, 11) is 2.89. The number of amides is 2. The van der Waals surface area contributed by atoms with E-state index in [9.17, 15) is 14.4 Å². The van der Waals surface area contributed by atoms with E-state index in [4.69, 9.17) is 9.47 Å². The summed E-state index contributed by atoms with van der Waals surface area (Å²) >= 11 is 0. The molecule has 2 N–H and O–H groups in total. The lowest BCUT2D eigenvalue weighted by molar-refractivity contribution is -0.146. The van der Waals surface area contributed by atoms with Crippen LogP contribution in [-0.4, -0.2) is 44.1 Å². The van der Waals surface area contributed by atoms with Crippen molar-refractivity contribution in [1.29, 1.82) is 0 Å². The molecule has 0 aromatic heterocycles. The van der Waals surface area contributed by atoms with Crippen molar-refractivity contribution in [3.63, 3.8) is 0 Å². The van der Waals surface area contributed by atoms with Crippen LogP contribution < -0.4 is 15.4 Å². The molecule has 28 heavy (non-hydrogen) atoms. The zero-order valence-electron chi connectivity index (χ0n) is 16.8. The monoisotopic (exact) mass is 390 g/mol. The van der Waals surface area contributed by atoms with Crippen molar-refractivity contribution in [1.82, 2.24) is 10.6 Å². The number of nitrogens with one attached hydrogen (secondary N) is 2. The number of benzene rings is 1. The molecule has 0 aliphatic heterocycles. The fraction of sp³-hybridized carbons (Fsp3) is 0.571. The fourth-order valence-electron chi connectivity index (χ4n) is 3.53. The molecule has 1 fully saturated rings. The third kappa shape index (κ3) is 5.71. The van der Waals surface area contributed by atoms with Crippen molar-refractivity contribution in [2.75, 3.05) is 14.2 Å². The van der Waals surface area contributed by atoms with Crippen LogP contribution >= 0.6 is 0 Å². The molecular weight excluding hydrogens is 360 g/mol. The van der Waals surface area contributed by atoms with Crippen molar-refractivity contribution in [2.24, 2.45) is 5.92 Å². The van der Waals surface area contributed by atoms with Gasteiger partial charge in [0.05, 0.1) is 20.1 Å². The van der Waals surface area contributed by atoms with Crippen molar-refractivity contribution >= 4 is 17.8 Å². The summed E-state index contributed by atoms with van der Waals surface area (Å²) in [6, 6.07) is 5.89. The average molecular weight is 390 g/mol. The summed E-state index contributed by atoms with van der Waals surface area (Å²) in [4.78, 5) is 37.4. The second-order valence-electron chi connectivity index (χ2n) is 7.08. The highest BCUT2D eigenvalue weighted by Gasteiger charge is 2.36. The Morgan fingerprint density at radius 1 is 1.21 bits per heavy atom. The highest BCUT2D eigenvalue weighted by atomic mass is 16.5. The first-order valence-electron chi connectivity index (χ1n) is 9.83. The largest absolute Gasteiger partial charge is 0.497 e. The molecule has 3 atom stereocenters. The quantitative estimate of drug-likeness (QED) is 0.632. The van der Waals surface area contributed by atoms with Crippen LogP contribution in [0.3, 0.4) is 0 Å². The van der Waals surface area contributed by atoms with Gasteiger partial charge in [-0.25, -0.2) is 0 Å². The first kappa shape index (κ1) is 21.7. The van der Waals surface area contributed by atoms with Gasteiger partial charge in [0.25, 0.3) is 5.91 Å². The van der Waals surface area contributed by atoms with E-state index in [-0.39, 0.29) is 29.7 Å². The smallest absolute Gasteiger partial charge is 0.310 e. The summed E-state index contributed by atoms with van der Waals surface area (Å²) in [5.41, 5.74) is 0.432. The summed E-state index contributed by atoms with van der Waals surface area (Å²) < 4.78 is 10.00. The SMILES string of the molecule is CCCC[C@H](NC(=O)c1cccc(OC)c1)C(=O)N[C@H]1CCC[C@H]1C(=O)OC. The van der Waals surface area contributed by atoms with Gasteiger partial charge in [-0.2, -0.15) is 0 Å². The molecule has 7 nitrogen and oxygen atoms in total. The minimum Gasteiger partial charge on any atom is -0.497 e. The third-order valence-electron chi connectivity index (χ3n) is 5.15. The van der Waals surface area contributed by atoms with Crippen LogP contribution in [0.5, 0.6) is 5.75 Å². The van der Waals surface area contributed by atoms with E-state index in [0.717, 1.165) is 25.7 Å². The van der Waals surface area contributed by atoms with E-state index in [2.05, 4.69) is 10.6 Å². The van der Waals surface area contributed by atoms with Crippen molar-refractivity contribution in [3.05, 3.63) is 29.8 Å². The number of rotatable bonds is 9. The van der Waals surface area contributed by atoms with E-state index in [0.29, 0.717) is 24.2 Å². The van der Waals surface area contributed by atoms with Crippen LogP contribution in [0.1, 0.15) is 55.8 Å². The van der Waals surface area contributed by atoms with Crippen molar-refractivity contribution in [2.45, 2.75) is 57.5 Å². The average Bonchev–Trinajstić information content (AvgIpc) is 3.18. The molecule has 0 bridgehead atoms. The number of carbonyl (C=O) groups excluding carboxylic acids is 3. The van der Waals surface area contributed by atoms with Gasteiger partial charge in [0.15, 0.2) is 0 Å². The van der Waals surface area contributed by atoms with Crippen LogP contribution in [0.15, 0.2) is 24.3 Å². The highest BCUT2D eigenvalue weighted by Crippen LogP contribution is 2.27. The first-order valence-corrected chi connectivity index (χ1v) is 9.83. The number of hydrogen-bond donors (Lipinski definition) is 2. The van der Waals surface area contributed by atoms with E-state index in [1.165, 1.54) is 14.2 Å². The standard InChI is InChI=1S/C21H30N2O5/c1-4-5-11-18(23-19(24)14-8-6-9-15(13-14)27-2)20(25)22-17-12-7-10-16(17)21(26)28-3/h6,8-9,13,16-18H,4-5,7,10-12H2,1-3H3,(H,22,25)(H,23,24)/t16-,17+,18+/m1/s1. The molecule has 1 saturated carbocycles. The Bertz CT molecular complexity index is 691. The van der Waals surface area contributed by atoms with E-state index >= 15 is 0 Å². The second-order valence-corrected chi connectivity index (χ2v) is 7.08. The van der Waals surface area contributed by atoms with Crippen molar-refractivity contribution < 1.29 is 23.9 Å². The Labute approximate surface area is 166 Å². The molecule has 0 unspecified atom stereocenters. The summed E-state index contributed by atoms with van der Waals surface area (Å²) in [6.07, 6.45) is 4.55. The number of hydrogen-bond acceptors (Lipinski definition) is 5. The van der Waals surface area contributed by atoms with Gasteiger partial charge in [-0.1, -0.05) is 32.3 Å². The van der Waals surface area contributed by atoms with Gasteiger partial charge < -0.3 is 20.1 Å². The van der Waals surface area contributed by atoms with Gasteiger partial charge in [0.2, 0.25) is 5.91 Å². The van der Waals surface area contributed by atoms with Crippen LogP contribution in [0.4, 0.5) is 0 Å². The third-order valence-corrected chi connectivity index (χ3v) is 5.15. The molecule has 154 valence electrons. The lowest BCUT2D eigenvalue weighted by Crippen LogP contribution is -2.51. The Morgan fingerprint density at radius 2 is 2.00 bits per heavy atom. The van der Waals surface area contributed by atoms with Crippen LogP contribution in [0.2, 0.25) is 0 Å². The predicted octanol–water partition coefficient (Wildman–Crippen LogP) is 2.44. The normalized spacial score (nSPS) is 19.5. The van der Waals surface area contributed by atoms with E-state index < -0.39 is 6.04 Å². The maximum Gasteiger partial charge on any atom is 0.310 e. The minimum absolute atomic E-state index is 0.252. The Hall–Kier alpha value is -2.57. The lowest BCUT2D eigenvalue weighted by atomic mass is 10.0. The van der Waals surface area contributed by atoms with Gasteiger partial charge in [-0.05, 0) is 37.5 Å². The molecule has 1 aliphatic rings. The molecular formula is C21H30N2O5. The molecule has 0 spiro atoms. The second kappa shape index (κ2) is 10.7. The Morgan fingerprint density at radius 3 is 2.68 bits per heavy atom. The fourth-order valence-corrected chi connectivity index (χ4v) is 3.53. The molecule has 2 rings (SSSR count). The predicted molar refractivity (Wildman–Crippen MR) is 105 cm³/mol. The lowest BCUT2D eigenvalue weighted by Gasteiger charge is -2.24.